The van der Waals surface area contributed by atoms with Crippen LogP contribution < -0.4 is 0 Å². The van der Waals surface area contributed by atoms with Crippen LogP contribution in [0, 0.1) is 17.8 Å². The maximum atomic E-state index is 14.4. The third kappa shape index (κ3) is 12.3. The molecule has 17 nitrogen and oxygen atoms in total. The summed E-state index contributed by atoms with van der Waals surface area (Å²) in [6, 6.07) is -0.919. The van der Waals surface area contributed by atoms with Crippen molar-refractivity contribution < 1.29 is 58.7 Å². The monoisotopic (exact) mass is 872 g/mol. The molecule has 18 atom stereocenters. The van der Waals surface area contributed by atoms with Crippen molar-refractivity contribution in [3.05, 3.63) is 11.9 Å². The van der Waals surface area contributed by atoms with Crippen molar-refractivity contribution in [2.45, 2.75) is 212 Å². The first-order valence-corrected chi connectivity index (χ1v) is 22.6. The van der Waals surface area contributed by atoms with Crippen molar-refractivity contribution in [2.75, 3.05) is 34.3 Å². The molecule has 0 aliphatic carbocycles. The number of methoxy groups -OCH3 is 1. The largest absolute Gasteiger partial charge is 0.459 e. The first-order chi connectivity index (χ1) is 28.4. The highest BCUT2D eigenvalue weighted by atomic mass is 16.7. The number of esters is 1. The summed E-state index contributed by atoms with van der Waals surface area (Å²) in [5, 5.41) is 67.8. The maximum absolute atomic E-state index is 14.4. The lowest BCUT2D eigenvalue weighted by Gasteiger charge is -2.49. The first-order valence-electron chi connectivity index (χ1n) is 22.6. The number of cyclic esters (lactones) is 1. The predicted octanol–water partition coefficient (Wildman–Crippen LogP) is 2.52. The Balaban J connectivity index is 1.75. The highest BCUT2D eigenvalue weighted by Gasteiger charge is 2.53. The number of aliphatic hydroxyl groups excluding tert-OH is 3. The zero-order chi connectivity index (χ0) is 45.8. The molecular weight excluding hydrogens is 791 g/mol. The van der Waals surface area contributed by atoms with Gasteiger partial charge < -0.3 is 63.8 Å². The molecule has 17 heteroatoms. The Bertz CT molecular complexity index is 1520. The molecule has 354 valence electrons. The summed E-state index contributed by atoms with van der Waals surface area (Å²) in [7, 11) is 5.30. The zero-order valence-corrected chi connectivity index (χ0v) is 39.4. The lowest BCUT2D eigenvalue weighted by atomic mass is 9.77. The lowest BCUT2D eigenvalue weighted by Crippen LogP contribution is -2.61. The molecule has 5 N–H and O–H groups in total. The molecule has 1 aromatic heterocycles. The SMILES string of the molecule is CCCn1cc(CCN(C)[C@H]2C[C@@H](C)O[C@@H](O[C@@H]3[C@@H](C)[C@H](O[C@H]4C[C@@](C)(OC)[C@@H](O)[C@H](C)O4)[C@@H](C)C(=O)O[C@H](CC)[C@@](C)(O)[C@H](O)[C@@H](C)N(C)C[C@H](C)C[C@@]3(C)O)[C@@H]2O)nn1. The van der Waals surface area contributed by atoms with Crippen molar-refractivity contribution >= 4 is 5.97 Å². The molecule has 4 rings (SSSR count). The van der Waals surface area contributed by atoms with Crippen LogP contribution in [0.15, 0.2) is 6.20 Å². The van der Waals surface area contributed by atoms with Crippen LogP contribution in [0.25, 0.3) is 0 Å². The average molecular weight is 872 g/mol. The number of ether oxygens (including phenoxy) is 6. The predicted molar refractivity (Wildman–Crippen MR) is 227 cm³/mol. The Labute approximate surface area is 364 Å². The van der Waals surface area contributed by atoms with Gasteiger partial charge in [0.2, 0.25) is 0 Å². The normalized spacial score (nSPS) is 44.1. The molecule has 0 amide bonds. The molecule has 0 saturated carbocycles. The van der Waals surface area contributed by atoms with Crippen molar-refractivity contribution in [3.8, 4) is 0 Å². The minimum absolute atomic E-state index is 0.118. The Morgan fingerprint density at radius 2 is 1.66 bits per heavy atom. The number of hydrogen-bond acceptors (Lipinski definition) is 16. The number of aromatic nitrogens is 3. The number of carbonyl (C=O) groups excluding carboxylic acids is 1. The van der Waals surface area contributed by atoms with E-state index in [0.717, 1.165) is 18.7 Å². The van der Waals surface area contributed by atoms with Gasteiger partial charge in [0.05, 0.1) is 47.2 Å². The molecule has 3 aliphatic heterocycles. The van der Waals surface area contributed by atoms with E-state index >= 15 is 0 Å². The van der Waals surface area contributed by atoms with Crippen molar-refractivity contribution in [2.24, 2.45) is 17.8 Å². The number of carbonyl (C=O) groups is 1. The van der Waals surface area contributed by atoms with Gasteiger partial charge in [-0.05, 0) is 94.2 Å². The Hall–Kier alpha value is -1.87. The summed E-state index contributed by atoms with van der Waals surface area (Å²) < 4.78 is 39.9. The van der Waals surface area contributed by atoms with Gasteiger partial charge in [-0.25, -0.2) is 0 Å². The van der Waals surface area contributed by atoms with Gasteiger partial charge in [0, 0.05) is 63.8 Å². The summed E-state index contributed by atoms with van der Waals surface area (Å²) in [6.07, 6.45) is -5.15. The van der Waals surface area contributed by atoms with Crippen LogP contribution >= 0.6 is 0 Å². The van der Waals surface area contributed by atoms with E-state index in [9.17, 15) is 30.3 Å². The zero-order valence-electron chi connectivity index (χ0n) is 39.4. The second-order valence-electron chi connectivity index (χ2n) is 19.4. The molecule has 0 unspecified atom stereocenters. The fourth-order valence-corrected chi connectivity index (χ4v) is 9.91. The summed E-state index contributed by atoms with van der Waals surface area (Å²) in [4.78, 5) is 18.4. The number of rotatable bonds is 12. The van der Waals surface area contributed by atoms with E-state index in [1.807, 2.05) is 50.6 Å². The Morgan fingerprint density at radius 1 is 0.984 bits per heavy atom. The van der Waals surface area contributed by atoms with Crippen molar-refractivity contribution in [3.63, 3.8) is 0 Å². The highest BCUT2D eigenvalue weighted by Crippen LogP contribution is 2.40. The number of nitrogens with zero attached hydrogens (tertiary/aromatic N) is 5. The minimum Gasteiger partial charge on any atom is -0.459 e. The third-order valence-electron chi connectivity index (χ3n) is 13.9. The fraction of sp³-hybridized carbons (Fsp3) is 0.932. The molecule has 3 saturated heterocycles. The molecule has 1 aromatic rings. The van der Waals surface area contributed by atoms with E-state index in [4.69, 9.17) is 28.4 Å². The summed E-state index contributed by atoms with van der Waals surface area (Å²) in [5.74, 6) is -2.69. The molecule has 3 fully saturated rings. The van der Waals surface area contributed by atoms with E-state index in [0.29, 0.717) is 25.9 Å². The van der Waals surface area contributed by atoms with Crippen LogP contribution in [0.5, 0.6) is 0 Å². The van der Waals surface area contributed by atoms with Crippen LogP contribution in [0.3, 0.4) is 0 Å². The molecule has 0 radical (unpaired) electrons. The minimum atomic E-state index is -1.82. The van der Waals surface area contributed by atoms with E-state index in [2.05, 4.69) is 22.1 Å². The van der Waals surface area contributed by atoms with Crippen LogP contribution in [-0.2, 0) is 46.2 Å². The number of aryl methyl sites for hydroxylation is 1. The van der Waals surface area contributed by atoms with Crippen LogP contribution in [0.2, 0.25) is 0 Å². The van der Waals surface area contributed by atoms with Crippen LogP contribution in [-0.4, -0.2) is 181 Å². The van der Waals surface area contributed by atoms with Gasteiger partial charge in [-0.15, -0.1) is 5.10 Å². The molecular formula is C44H81N5O12. The van der Waals surface area contributed by atoms with Gasteiger partial charge in [0.1, 0.15) is 30.0 Å². The second-order valence-corrected chi connectivity index (χ2v) is 19.4. The van der Waals surface area contributed by atoms with Gasteiger partial charge in [0.25, 0.3) is 0 Å². The number of aliphatic hydroxyl groups is 5. The first kappa shape index (κ1) is 51.8. The van der Waals surface area contributed by atoms with Gasteiger partial charge >= 0.3 is 5.97 Å². The van der Waals surface area contributed by atoms with E-state index in [1.165, 1.54) is 14.0 Å². The summed E-state index contributed by atoms with van der Waals surface area (Å²) in [6.45, 7) is 21.5. The Kier molecular flexibility index (Phi) is 18.2. The molecule has 0 bridgehead atoms. The van der Waals surface area contributed by atoms with E-state index in [-0.39, 0.29) is 37.3 Å². The van der Waals surface area contributed by atoms with Gasteiger partial charge in [-0.1, -0.05) is 32.9 Å². The van der Waals surface area contributed by atoms with Crippen LogP contribution in [0.4, 0.5) is 0 Å². The Morgan fingerprint density at radius 3 is 2.28 bits per heavy atom. The smallest absolute Gasteiger partial charge is 0.311 e. The molecule has 4 heterocycles. The van der Waals surface area contributed by atoms with Gasteiger partial charge in [-0.2, -0.15) is 0 Å². The quantitative estimate of drug-likeness (QED) is 0.191. The second kappa shape index (κ2) is 21.4. The van der Waals surface area contributed by atoms with E-state index in [1.54, 1.807) is 41.5 Å². The maximum Gasteiger partial charge on any atom is 0.311 e. The molecule has 61 heavy (non-hydrogen) atoms. The third-order valence-corrected chi connectivity index (χ3v) is 13.9. The summed E-state index contributed by atoms with van der Waals surface area (Å²) >= 11 is 0. The van der Waals surface area contributed by atoms with Gasteiger partial charge in [0.15, 0.2) is 12.6 Å². The molecule has 3 aliphatic rings. The summed E-state index contributed by atoms with van der Waals surface area (Å²) in [5.41, 5.74) is -3.60. The number of hydrogen-bond donors (Lipinski definition) is 5. The van der Waals surface area contributed by atoms with E-state index < -0.39 is 96.0 Å². The topological polar surface area (TPSA) is 211 Å². The fourth-order valence-electron chi connectivity index (χ4n) is 9.91. The lowest BCUT2D eigenvalue weighted by molar-refractivity contribution is -0.318. The molecule has 0 aromatic carbocycles. The highest BCUT2D eigenvalue weighted by molar-refractivity contribution is 5.73. The standard InChI is InChI=1S/C44H81N5O12/c1-15-18-49-24-31(45-46-49)17-19-47(12)32-20-26(4)57-41(35(32)50)61-39-27(5)36(60-34-22-43(10,56-14)38(52)30(8)58-34)28(6)40(53)59-33(16-2)44(11,55)37(51)29(7)48(13)23-25(3)21-42(39,9)54/h24-30,32-39,41,50-52,54-55H,15-23H2,1-14H3/t25-,26-,27+,28-,29-,30+,32+,33-,34+,35-,36+,37-,38+,39-,41+,42-,43-,44-/m1/s1. The van der Waals surface area contributed by atoms with Crippen LogP contribution in [0.1, 0.15) is 114 Å². The number of likely N-dealkylation sites (N-methyl/N-ethyl adjacent to an activating group) is 2. The molecule has 0 spiro atoms. The average Bonchev–Trinajstić information content (AvgIpc) is 3.65. The van der Waals surface area contributed by atoms with Crippen molar-refractivity contribution in [1.29, 1.82) is 0 Å². The van der Waals surface area contributed by atoms with Crippen molar-refractivity contribution in [1.82, 2.24) is 24.8 Å². The van der Waals surface area contributed by atoms with Gasteiger partial charge in [-0.3, -0.25) is 9.48 Å².